The van der Waals surface area contributed by atoms with Crippen LogP contribution in [0.25, 0.3) is 0 Å². The fourth-order valence-corrected chi connectivity index (χ4v) is 2.94. The Morgan fingerprint density at radius 1 is 1.14 bits per heavy atom. The third-order valence-corrected chi connectivity index (χ3v) is 4.38. The normalized spacial score (nSPS) is 11.4. The van der Waals surface area contributed by atoms with Crippen molar-refractivity contribution in [2.24, 2.45) is 0 Å². The molecule has 0 saturated heterocycles. The number of hydrogen-bond acceptors (Lipinski definition) is 3. The number of aliphatic hydroxyl groups excluding tert-OH is 1. The molecule has 0 amide bonds. The van der Waals surface area contributed by atoms with Gasteiger partial charge in [0.25, 0.3) is 10.0 Å². The number of anilines is 1. The lowest BCUT2D eigenvalue weighted by atomic mass is 10.2. The van der Waals surface area contributed by atoms with Crippen LogP contribution in [0.2, 0.25) is 0 Å². The molecule has 4 nitrogen and oxygen atoms in total. The quantitative estimate of drug-likeness (QED) is 0.891. The summed E-state index contributed by atoms with van der Waals surface area (Å²) in [5.41, 5.74) is 1.51. The molecule has 0 bridgehead atoms. The van der Waals surface area contributed by atoms with Gasteiger partial charge in [-0.2, -0.15) is 0 Å². The summed E-state index contributed by atoms with van der Waals surface area (Å²) in [7, 11) is -3.84. The predicted molar refractivity (Wildman–Crippen MR) is 79.2 cm³/mol. The Morgan fingerprint density at radius 2 is 1.81 bits per heavy atom. The number of nitrogens with one attached hydrogen (secondary N) is 1. The van der Waals surface area contributed by atoms with E-state index in [4.69, 9.17) is 5.11 Å². The van der Waals surface area contributed by atoms with Crippen LogP contribution in [0.1, 0.15) is 11.1 Å². The molecule has 0 spiro atoms. The highest BCUT2D eigenvalue weighted by Gasteiger charge is 2.16. The van der Waals surface area contributed by atoms with Crippen LogP contribution >= 0.6 is 0 Å². The number of hydrogen-bond donors (Lipinski definition) is 2. The number of benzene rings is 2. The first-order valence-corrected chi connectivity index (χ1v) is 7.89. The van der Waals surface area contributed by atoms with Crippen molar-refractivity contribution in [2.75, 3.05) is 11.3 Å². The zero-order valence-electron chi connectivity index (χ0n) is 11.5. The summed E-state index contributed by atoms with van der Waals surface area (Å²) in [6.07, 6.45) is 0.459. The molecule has 2 rings (SSSR count). The van der Waals surface area contributed by atoms with E-state index >= 15 is 0 Å². The summed E-state index contributed by atoms with van der Waals surface area (Å²) >= 11 is 0. The average Bonchev–Trinajstić information content (AvgIpc) is 2.44. The van der Waals surface area contributed by atoms with Crippen molar-refractivity contribution in [1.29, 1.82) is 0 Å². The first-order valence-electron chi connectivity index (χ1n) is 6.41. The fraction of sp³-hybridized carbons (Fsp3) is 0.200. The van der Waals surface area contributed by atoms with Gasteiger partial charge in [0.2, 0.25) is 0 Å². The summed E-state index contributed by atoms with van der Waals surface area (Å²) < 4.78 is 40.3. The highest BCUT2D eigenvalue weighted by Crippen LogP contribution is 2.20. The van der Waals surface area contributed by atoms with E-state index in [2.05, 4.69) is 4.72 Å². The molecule has 0 atom stereocenters. The minimum Gasteiger partial charge on any atom is -0.396 e. The first-order chi connectivity index (χ1) is 9.92. The van der Waals surface area contributed by atoms with Crippen LogP contribution in [0, 0.1) is 12.7 Å². The molecule has 0 aliphatic heterocycles. The molecule has 0 saturated carbocycles. The van der Waals surface area contributed by atoms with Gasteiger partial charge in [0.1, 0.15) is 5.82 Å². The van der Waals surface area contributed by atoms with E-state index in [1.54, 1.807) is 25.1 Å². The van der Waals surface area contributed by atoms with Crippen molar-refractivity contribution < 1.29 is 17.9 Å². The van der Waals surface area contributed by atoms with Gasteiger partial charge < -0.3 is 5.11 Å². The van der Waals surface area contributed by atoms with Crippen molar-refractivity contribution in [2.45, 2.75) is 18.2 Å². The van der Waals surface area contributed by atoms with Crippen LogP contribution < -0.4 is 4.72 Å². The molecule has 0 radical (unpaired) electrons. The number of aryl methyl sites for hydroxylation is 1. The maximum atomic E-state index is 13.6. The predicted octanol–water partition coefficient (Wildman–Crippen LogP) is 2.47. The monoisotopic (exact) mass is 309 g/mol. The molecule has 0 aliphatic rings. The van der Waals surface area contributed by atoms with E-state index in [1.165, 1.54) is 24.3 Å². The number of sulfonamides is 1. The van der Waals surface area contributed by atoms with E-state index in [9.17, 15) is 12.8 Å². The molecule has 0 unspecified atom stereocenters. The zero-order valence-corrected chi connectivity index (χ0v) is 12.3. The second-order valence-corrected chi connectivity index (χ2v) is 6.39. The van der Waals surface area contributed by atoms with Crippen molar-refractivity contribution in [3.8, 4) is 0 Å². The van der Waals surface area contributed by atoms with E-state index in [0.29, 0.717) is 6.42 Å². The lowest BCUT2D eigenvalue weighted by Crippen LogP contribution is -2.14. The summed E-state index contributed by atoms with van der Waals surface area (Å²) in [4.78, 5) is 0.0464. The van der Waals surface area contributed by atoms with Crippen molar-refractivity contribution in [3.63, 3.8) is 0 Å². The lowest BCUT2D eigenvalue weighted by Gasteiger charge is -2.10. The molecule has 2 N–H and O–H groups in total. The van der Waals surface area contributed by atoms with Gasteiger partial charge in [-0.1, -0.05) is 18.2 Å². The Balaban J connectivity index is 2.27. The maximum Gasteiger partial charge on any atom is 0.261 e. The lowest BCUT2D eigenvalue weighted by molar-refractivity contribution is 0.299. The highest BCUT2D eigenvalue weighted by atomic mass is 32.2. The SMILES string of the molecule is Cc1ccc(F)c(NS(=O)(=O)c2ccc(CCO)cc2)c1. The average molecular weight is 309 g/mol. The van der Waals surface area contributed by atoms with Crippen LogP contribution in [0.4, 0.5) is 10.1 Å². The number of aliphatic hydroxyl groups is 1. The summed E-state index contributed by atoms with van der Waals surface area (Å²) in [5.74, 6) is -0.624. The van der Waals surface area contributed by atoms with E-state index in [1.807, 2.05) is 0 Å². The largest absolute Gasteiger partial charge is 0.396 e. The van der Waals surface area contributed by atoms with Crippen molar-refractivity contribution >= 4 is 15.7 Å². The van der Waals surface area contributed by atoms with Gasteiger partial charge in [-0.05, 0) is 48.7 Å². The van der Waals surface area contributed by atoms with Crippen LogP contribution in [0.15, 0.2) is 47.4 Å². The summed E-state index contributed by atoms with van der Waals surface area (Å²) in [6.45, 7) is 1.75. The van der Waals surface area contributed by atoms with Crippen LogP contribution in [-0.4, -0.2) is 20.1 Å². The highest BCUT2D eigenvalue weighted by molar-refractivity contribution is 7.92. The molecule has 0 aliphatic carbocycles. The van der Waals surface area contributed by atoms with Gasteiger partial charge in [0, 0.05) is 6.61 Å². The van der Waals surface area contributed by atoms with Gasteiger partial charge in [0.15, 0.2) is 0 Å². The molecule has 2 aromatic carbocycles. The van der Waals surface area contributed by atoms with Crippen LogP contribution in [-0.2, 0) is 16.4 Å². The van der Waals surface area contributed by atoms with Crippen LogP contribution in [0.3, 0.4) is 0 Å². The second-order valence-electron chi connectivity index (χ2n) is 4.71. The minimum absolute atomic E-state index is 0.00114. The van der Waals surface area contributed by atoms with E-state index in [0.717, 1.165) is 11.1 Å². The third-order valence-electron chi connectivity index (χ3n) is 3.00. The van der Waals surface area contributed by atoms with Gasteiger partial charge >= 0.3 is 0 Å². The van der Waals surface area contributed by atoms with E-state index in [-0.39, 0.29) is 17.2 Å². The molecule has 0 aromatic heterocycles. The Bertz CT molecular complexity index is 727. The Morgan fingerprint density at radius 3 is 2.43 bits per heavy atom. The van der Waals surface area contributed by atoms with Gasteiger partial charge in [-0.15, -0.1) is 0 Å². The first kappa shape index (κ1) is 15.5. The molecule has 0 heterocycles. The Labute approximate surface area is 123 Å². The molecule has 21 heavy (non-hydrogen) atoms. The molecule has 2 aromatic rings. The van der Waals surface area contributed by atoms with Gasteiger partial charge in [-0.25, -0.2) is 12.8 Å². The van der Waals surface area contributed by atoms with Gasteiger partial charge in [0.05, 0.1) is 10.6 Å². The third kappa shape index (κ3) is 3.80. The topological polar surface area (TPSA) is 66.4 Å². The Hall–Kier alpha value is -1.92. The maximum absolute atomic E-state index is 13.6. The van der Waals surface area contributed by atoms with Crippen LogP contribution in [0.5, 0.6) is 0 Å². The summed E-state index contributed by atoms with van der Waals surface area (Å²) in [5, 5.41) is 8.83. The fourth-order valence-electron chi connectivity index (χ4n) is 1.89. The summed E-state index contributed by atoms with van der Waals surface area (Å²) in [6, 6.07) is 10.3. The standard InChI is InChI=1S/C15H16FNO3S/c1-11-2-7-14(16)15(10-11)17-21(19,20)13-5-3-12(4-6-13)8-9-18/h2-7,10,17-18H,8-9H2,1H3. The number of rotatable bonds is 5. The van der Waals surface area contributed by atoms with Crippen molar-refractivity contribution in [1.82, 2.24) is 0 Å². The van der Waals surface area contributed by atoms with Crippen molar-refractivity contribution in [3.05, 3.63) is 59.4 Å². The minimum atomic E-state index is -3.84. The second kappa shape index (κ2) is 6.24. The molecular weight excluding hydrogens is 293 g/mol. The van der Waals surface area contributed by atoms with E-state index < -0.39 is 15.8 Å². The zero-order chi connectivity index (χ0) is 15.5. The van der Waals surface area contributed by atoms with Gasteiger partial charge in [-0.3, -0.25) is 4.72 Å². The number of halogens is 1. The molecule has 6 heteroatoms. The molecular formula is C15H16FNO3S. The molecule has 112 valence electrons. The Kier molecular flexibility index (Phi) is 4.59. The molecule has 0 fully saturated rings. The smallest absolute Gasteiger partial charge is 0.261 e.